The zero-order valence-electron chi connectivity index (χ0n) is 15.5. The molecule has 0 bridgehead atoms. The summed E-state index contributed by atoms with van der Waals surface area (Å²) in [6, 6.07) is 5.58. The molecule has 5 heteroatoms. The van der Waals surface area contributed by atoms with Gasteiger partial charge in [-0.15, -0.1) is 11.3 Å². The van der Waals surface area contributed by atoms with Crippen LogP contribution >= 0.6 is 11.3 Å². The van der Waals surface area contributed by atoms with E-state index in [-0.39, 0.29) is 11.5 Å². The zero-order valence-corrected chi connectivity index (χ0v) is 16.4. The Hall–Kier alpha value is -2.11. The molecule has 2 aromatic rings. The van der Waals surface area contributed by atoms with E-state index in [1.54, 1.807) is 23.5 Å². The number of fused-ring (bicyclic) bond motifs is 1. The van der Waals surface area contributed by atoms with Gasteiger partial charge in [-0.3, -0.25) is 9.69 Å². The van der Waals surface area contributed by atoms with Gasteiger partial charge in [0.2, 0.25) is 5.78 Å². The number of benzene rings is 1. The van der Waals surface area contributed by atoms with E-state index in [1.807, 2.05) is 24.4 Å². The van der Waals surface area contributed by atoms with Gasteiger partial charge < -0.3 is 9.84 Å². The summed E-state index contributed by atoms with van der Waals surface area (Å²) >= 11 is 1.56. The third kappa shape index (κ3) is 3.69. The van der Waals surface area contributed by atoms with Crippen LogP contribution in [0.3, 0.4) is 0 Å². The number of nitrogens with zero attached hydrogens (tertiary/aromatic N) is 1. The average Bonchev–Trinajstić information content (AvgIpc) is 3.21. The summed E-state index contributed by atoms with van der Waals surface area (Å²) < 4.78 is 5.97. The summed E-state index contributed by atoms with van der Waals surface area (Å²) in [6.45, 7) is 8.60. The number of rotatable bonds is 7. The van der Waals surface area contributed by atoms with Crippen molar-refractivity contribution in [3.8, 4) is 11.5 Å². The van der Waals surface area contributed by atoms with E-state index in [4.69, 9.17) is 4.74 Å². The van der Waals surface area contributed by atoms with Crippen LogP contribution in [-0.4, -0.2) is 28.9 Å². The summed E-state index contributed by atoms with van der Waals surface area (Å²) in [5.74, 6) is 0.941. The summed E-state index contributed by atoms with van der Waals surface area (Å²) in [5.41, 5.74) is 2.03. The van der Waals surface area contributed by atoms with Crippen LogP contribution in [0.4, 0.5) is 0 Å². The molecule has 1 N–H and O–H groups in total. The van der Waals surface area contributed by atoms with E-state index in [0.717, 1.165) is 36.4 Å². The van der Waals surface area contributed by atoms with Gasteiger partial charge in [-0.05, 0) is 55.9 Å². The van der Waals surface area contributed by atoms with Crippen molar-refractivity contribution < 1.29 is 14.6 Å². The number of hydrogen-bond acceptors (Lipinski definition) is 5. The predicted octanol–water partition coefficient (Wildman–Crippen LogP) is 5.00. The maximum atomic E-state index is 12.9. The number of aromatic hydroxyl groups is 1. The van der Waals surface area contributed by atoms with Crippen LogP contribution in [0, 0.1) is 6.92 Å². The third-order valence-corrected chi connectivity index (χ3v) is 5.32. The Bertz CT molecular complexity index is 818. The van der Waals surface area contributed by atoms with Crippen LogP contribution in [0.2, 0.25) is 0 Å². The molecule has 0 spiro atoms. The summed E-state index contributed by atoms with van der Waals surface area (Å²) in [7, 11) is 0. The Morgan fingerprint density at radius 3 is 2.62 bits per heavy atom. The molecule has 3 rings (SSSR count). The first-order chi connectivity index (χ1) is 12.5. The molecule has 2 heterocycles. The fraction of sp³-hybridized carbons (Fsp3) is 0.381. The molecule has 0 fully saturated rings. The molecule has 1 aromatic carbocycles. The first-order valence-electron chi connectivity index (χ1n) is 9.10. The van der Waals surface area contributed by atoms with E-state index in [1.165, 1.54) is 0 Å². The van der Waals surface area contributed by atoms with Crippen LogP contribution in [0.5, 0.6) is 11.5 Å². The molecule has 0 atom stereocenters. The minimum Gasteiger partial charge on any atom is -0.507 e. The number of Topliss-reactive ketones (excluding diaryl/α,β-unsaturated/α-hetero) is 1. The molecular formula is C21H25NO3S. The minimum atomic E-state index is -0.107. The van der Waals surface area contributed by atoms with Crippen LogP contribution in [0.15, 0.2) is 29.3 Å². The Balaban J connectivity index is 1.99. The quantitative estimate of drug-likeness (QED) is 0.696. The average molecular weight is 372 g/mol. The Morgan fingerprint density at radius 1 is 1.27 bits per heavy atom. The molecule has 138 valence electrons. The van der Waals surface area contributed by atoms with Gasteiger partial charge in [-0.25, -0.2) is 0 Å². The highest BCUT2D eigenvalue weighted by Gasteiger charge is 2.33. The van der Waals surface area contributed by atoms with Crippen molar-refractivity contribution in [2.45, 2.75) is 40.2 Å². The van der Waals surface area contributed by atoms with E-state index in [9.17, 15) is 9.90 Å². The molecule has 1 aromatic heterocycles. The fourth-order valence-electron chi connectivity index (χ4n) is 3.36. The topological polar surface area (TPSA) is 49.8 Å². The monoisotopic (exact) mass is 371 g/mol. The predicted molar refractivity (Wildman–Crippen MR) is 106 cm³/mol. The van der Waals surface area contributed by atoms with Gasteiger partial charge in [0.15, 0.2) is 5.76 Å². The summed E-state index contributed by atoms with van der Waals surface area (Å²) in [5, 5.41) is 12.5. The van der Waals surface area contributed by atoms with E-state index in [0.29, 0.717) is 29.2 Å². The largest absolute Gasteiger partial charge is 0.507 e. The maximum Gasteiger partial charge on any atom is 0.232 e. The number of aryl methyl sites for hydroxylation is 1. The van der Waals surface area contributed by atoms with Crippen LogP contribution in [0.25, 0.3) is 6.08 Å². The lowest BCUT2D eigenvalue weighted by atomic mass is 9.99. The van der Waals surface area contributed by atoms with Crippen LogP contribution in [0.1, 0.15) is 53.1 Å². The molecule has 26 heavy (non-hydrogen) atoms. The minimum absolute atomic E-state index is 0.107. The van der Waals surface area contributed by atoms with Gasteiger partial charge in [0.05, 0.1) is 11.1 Å². The second-order valence-electron chi connectivity index (χ2n) is 6.63. The number of allylic oxidation sites excluding steroid dienone is 1. The lowest BCUT2D eigenvalue weighted by Gasteiger charge is -2.22. The SMILES string of the molecule is CCCN(CCC)Cc1c(O)cc(C)c2c1O/C(=C\c1cccs1)C2=O. The van der Waals surface area contributed by atoms with Gasteiger partial charge in [0, 0.05) is 17.5 Å². The molecule has 0 unspecified atom stereocenters. The molecule has 0 saturated heterocycles. The number of phenols is 1. The Kier molecular flexibility index (Phi) is 5.79. The van der Waals surface area contributed by atoms with Gasteiger partial charge in [-0.2, -0.15) is 0 Å². The lowest BCUT2D eigenvalue weighted by Crippen LogP contribution is -2.25. The van der Waals surface area contributed by atoms with Crippen molar-refractivity contribution >= 4 is 23.2 Å². The van der Waals surface area contributed by atoms with Crippen LogP contribution in [-0.2, 0) is 6.54 Å². The molecule has 0 amide bonds. The Morgan fingerprint density at radius 2 is 2.00 bits per heavy atom. The van der Waals surface area contributed by atoms with Gasteiger partial charge >= 0.3 is 0 Å². The van der Waals surface area contributed by atoms with Crippen molar-refractivity contribution in [2.75, 3.05) is 13.1 Å². The number of ether oxygens (including phenoxy) is 1. The van der Waals surface area contributed by atoms with Crippen molar-refractivity contribution in [1.29, 1.82) is 0 Å². The number of carbonyl (C=O) groups excluding carboxylic acids is 1. The fourth-order valence-corrected chi connectivity index (χ4v) is 4.01. The molecule has 1 aliphatic rings. The smallest absolute Gasteiger partial charge is 0.232 e. The van der Waals surface area contributed by atoms with E-state index >= 15 is 0 Å². The number of ketones is 1. The number of carbonyl (C=O) groups is 1. The maximum absolute atomic E-state index is 12.9. The van der Waals surface area contributed by atoms with E-state index < -0.39 is 0 Å². The van der Waals surface area contributed by atoms with Gasteiger partial charge in [0.1, 0.15) is 11.5 Å². The number of hydrogen-bond donors (Lipinski definition) is 1. The molecule has 4 nitrogen and oxygen atoms in total. The molecule has 0 aliphatic carbocycles. The highest BCUT2D eigenvalue weighted by Crippen LogP contribution is 2.42. The van der Waals surface area contributed by atoms with Crippen molar-refractivity contribution in [3.05, 3.63) is 50.9 Å². The number of thiophene rings is 1. The second kappa shape index (κ2) is 8.06. The van der Waals surface area contributed by atoms with Crippen molar-refractivity contribution in [3.63, 3.8) is 0 Å². The molecule has 0 saturated carbocycles. The number of phenolic OH excluding ortho intramolecular Hbond substituents is 1. The Labute approximate surface area is 158 Å². The molecular weight excluding hydrogens is 346 g/mol. The standard InChI is InChI=1S/C21H25NO3S/c1-4-8-22(9-5-2)13-16-17(23)11-14(3)19-20(24)18(25-21(16)19)12-15-7-6-10-26-15/h6-7,10-12,23H,4-5,8-9,13H2,1-3H3/b18-12-. The second-order valence-corrected chi connectivity index (χ2v) is 7.61. The zero-order chi connectivity index (χ0) is 18.7. The van der Waals surface area contributed by atoms with E-state index in [2.05, 4.69) is 18.7 Å². The highest BCUT2D eigenvalue weighted by atomic mass is 32.1. The third-order valence-electron chi connectivity index (χ3n) is 4.50. The first-order valence-corrected chi connectivity index (χ1v) is 9.98. The summed E-state index contributed by atoms with van der Waals surface area (Å²) in [4.78, 5) is 16.1. The molecule has 1 aliphatic heterocycles. The first kappa shape index (κ1) is 18.7. The van der Waals surface area contributed by atoms with Crippen molar-refractivity contribution in [1.82, 2.24) is 4.90 Å². The van der Waals surface area contributed by atoms with Crippen LogP contribution < -0.4 is 4.74 Å². The lowest BCUT2D eigenvalue weighted by molar-refractivity contribution is 0.101. The normalized spacial score (nSPS) is 14.9. The highest BCUT2D eigenvalue weighted by molar-refractivity contribution is 7.10. The summed E-state index contributed by atoms with van der Waals surface area (Å²) in [6.07, 6.45) is 3.86. The van der Waals surface area contributed by atoms with Crippen molar-refractivity contribution in [2.24, 2.45) is 0 Å². The molecule has 0 radical (unpaired) electrons. The van der Waals surface area contributed by atoms with Gasteiger partial charge in [-0.1, -0.05) is 19.9 Å². The van der Waals surface area contributed by atoms with Gasteiger partial charge in [0.25, 0.3) is 0 Å².